The van der Waals surface area contributed by atoms with Crippen molar-refractivity contribution in [3.8, 4) is 0 Å². The first-order valence-corrected chi connectivity index (χ1v) is 11.1. The highest BCUT2D eigenvalue weighted by Gasteiger charge is 2.49. The van der Waals surface area contributed by atoms with Crippen LogP contribution in [0.1, 0.15) is 25.5 Å². The van der Waals surface area contributed by atoms with Crippen molar-refractivity contribution in [2.75, 3.05) is 24.5 Å². The molecule has 3 N–H and O–H groups in total. The van der Waals surface area contributed by atoms with Gasteiger partial charge in [0.05, 0.1) is 11.9 Å². The van der Waals surface area contributed by atoms with Crippen molar-refractivity contribution < 1.29 is 14.7 Å². The number of carbonyl (C=O) groups is 2. The molecule has 0 spiro atoms. The minimum atomic E-state index is -1.31. The van der Waals surface area contributed by atoms with E-state index >= 15 is 0 Å². The fourth-order valence-electron chi connectivity index (χ4n) is 4.33. The molecule has 1 aromatic carbocycles. The Morgan fingerprint density at radius 1 is 1.25 bits per heavy atom. The Balaban J connectivity index is 1.42. The third kappa shape index (κ3) is 4.52. The summed E-state index contributed by atoms with van der Waals surface area (Å²) in [5.41, 5.74) is -0.0312. The van der Waals surface area contributed by atoms with Crippen LogP contribution in [-0.4, -0.2) is 63.8 Å². The zero-order valence-electron chi connectivity index (χ0n) is 17.5. The van der Waals surface area contributed by atoms with E-state index in [1.165, 1.54) is 18.6 Å². The molecule has 32 heavy (non-hydrogen) atoms. The van der Waals surface area contributed by atoms with Crippen molar-refractivity contribution in [2.24, 2.45) is 0 Å². The SMILES string of the molecule is C[C@H]1CN(C(=O)CCC2(c3cnccn3)NC(O)NC2=O)CCN1c1cc(Cl)cc(Cl)c1. The van der Waals surface area contributed by atoms with Crippen LogP contribution in [0.3, 0.4) is 0 Å². The molecule has 170 valence electrons. The second-order valence-electron chi connectivity index (χ2n) is 8.03. The number of hydrogen-bond donors (Lipinski definition) is 3. The number of hydrogen-bond acceptors (Lipinski definition) is 7. The molecule has 2 aliphatic rings. The number of nitrogens with one attached hydrogen (secondary N) is 2. The van der Waals surface area contributed by atoms with E-state index in [0.29, 0.717) is 35.4 Å². The van der Waals surface area contributed by atoms with Crippen LogP contribution in [-0.2, 0) is 15.1 Å². The van der Waals surface area contributed by atoms with E-state index in [1.807, 2.05) is 19.1 Å². The summed E-state index contributed by atoms with van der Waals surface area (Å²) in [5.74, 6) is -0.505. The second kappa shape index (κ2) is 9.19. The van der Waals surface area contributed by atoms with Gasteiger partial charge in [0.2, 0.25) is 11.8 Å². The molecule has 0 bridgehead atoms. The van der Waals surface area contributed by atoms with Gasteiger partial charge >= 0.3 is 0 Å². The summed E-state index contributed by atoms with van der Waals surface area (Å²) in [4.78, 5) is 37.9. The lowest BCUT2D eigenvalue weighted by Crippen LogP contribution is -2.54. The lowest BCUT2D eigenvalue weighted by Gasteiger charge is -2.41. The molecule has 2 unspecified atom stereocenters. The lowest BCUT2D eigenvalue weighted by atomic mass is 9.89. The lowest BCUT2D eigenvalue weighted by molar-refractivity contribution is -0.133. The minimum absolute atomic E-state index is 0.0610. The highest BCUT2D eigenvalue weighted by atomic mass is 35.5. The number of piperazine rings is 1. The number of aliphatic hydroxyl groups is 1. The zero-order chi connectivity index (χ0) is 22.9. The molecular formula is C21H24Cl2N6O3. The quantitative estimate of drug-likeness (QED) is 0.596. The smallest absolute Gasteiger partial charge is 0.249 e. The molecule has 4 rings (SSSR count). The number of anilines is 1. The average molecular weight is 479 g/mol. The van der Waals surface area contributed by atoms with Crippen molar-refractivity contribution >= 4 is 40.7 Å². The highest BCUT2D eigenvalue weighted by molar-refractivity contribution is 6.35. The first-order valence-electron chi connectivity index (χ1n) is 10.3. The normalized spacial score (nSPS) is 25.7. The number of nitrogens with zero attached hydrogens (tertiary/aromatic N) is 4. The molecule has 2 saturated heterocycles. The molecule has 2 amide bonds. The van der Waals surface area contributed by atoms with E-state index in [9.17, 15) is 14.7 Å². The van der Waals surface area contributed by atoms with Crippen molar-refractivity contribution in [3.05, 3.63) is 52.5 Å². The Labute approximate surface area is 195 Å². The number of benzene rings is 1. The van der Waals surface area contributed by atoms with Gasteiger partial charge < -0.3 is 20.2 Å². The Hall–Kier alpha value is -2.46. The van der Waals surface area contributed by atoms with E-state index < -0.39 is 17.8 Å². The van der Waals surface area contributed by atoms with Gasteiger partial charge in [0.15, 0.2) is 6.35 Å². The summed E-state index contributed by atoms with van der Waals surface area (Å²) < 4.78 is 0. The fourth-order valence-corrected chi connectivity index (χ4v) is 4.85. The third-order valence-corrected chi connectivity index (χ3v) is 6.35. The molecule has 3 heterocycles. The molecule has 3 atom stereocenters. The second-order valence-corrected chi connectivity index (χ2v) is 8.90. The molecule has 2 aromatic rings. The van der Waals surface area contributed by atoms with Gasteiger partial charge in [0.25, 0.3) is 0 Å². The molecule has 9 nitrogen and oxygen atoms in total. The maximum atomic E-state index is 13.0. The van der Waals surface area contributed by atoms with Crippen molar-refractivity contribution in [2.45, 2.75) is 37.7 Å². The average Bonchev–Trinajstić information content (AvgIpc) is 3.05. The van der Waals surface area contributed by atoms with E-state index in [4.69, 9.17) is 23.2 Å². The van der Waals surface area contributed by atoms with Crippen LogP contribution in [0.15, 0.2) is 36.8 Å². The van der Waals surface area contributed by atoms with Gasteiger partial charge in [-0.3, -0.25) is 24.9 Å². The standard InChI is InChI=1S/C21H24Cl2N6O3/c1-13-12-28(6-7-29(13)16-9-14(22)8-15(23)10-16)18(30)2-3-21(17-11-24-4-5-25-17)19(31)26-20(32)27-21/h4-5,8-11,13,20,27,32H,2-3,6-7,12H2,1H3,(H,26,31)/t13-,20?,21?/m0/s1. The summed E-state index contributed by atoms with van der Waals surface area (Å²) in [5, 5.41) is 16.3. The summed E-state index contributed by atoms with van der Waals surface area (Å²) in [6.07, 6.45) is 3.48. The first kappa shape index (κ1) is 22.7. The molecule has 1 aromatic heterocycles. The molecule has 0 saturated carbocycles. The zero-order valence-corrected chi connectivity index (χ0v) is 19.0. The van der Waals surface area contributed by atoms with Crippen LogP contribution in [0.5, 0.6) is 0 Å². The van der Waals surface area contributed by atoms with E-state index in [-0.39, 0.29) is 24.8 Å². The van der Waals surface area contributed by atoms with E-state index in [1.54, 1.807) is 11.0 Å². The molecule has 2 fully saturated rings. The monoisotopic (exact) mass is 478 g/mol. The Kier molecular flexibility index (Phi) is 6.52. The van der Waals surface area contributed by atoms with Crippen LogP contribution in [0.2, 0.25) is 10.0 Å². The van der Waals surface area contributed by atoms with Crippen LogP contribution in [0, 0.1) is 0 Å². The van der Waals surface area contributed by atoms with Gasteiger partial charge in [-0.15, -0.1) is 0 Å². The molecule has 0 aliphatic carbocycles. The van der Waals surface area contributed by atoms with Crippen molar-refractivity contribution in [1.82, 2.24) is 25.5 Å². The molecule has 11 heteroatoms. The van der Waals surface area contributed by atoms with Gasteiger partial charge in [0, 0.05) is 60.2 Å². The van der Waals surface area contributed by atoms with Gasteiger partial charge in [0.1, 0.15) is 5.54 Å². The van der Waals surface area contributed by atoms with Crippen molar-refractivity contribution in [1.29, 1.82) is 0 Å². The third-order valence-electron chi connectivity index (χ3n) is 5.91. The maximum absolute atomic E-state index is 13.0. The van der Waals surface area contributed by atoms with Crippen LogP contribution >= 0.6 is 23.2 Å². The highest BCUT2D eigenvalue weighted by Crippen LogP contribution is 2.31. The fraction of sp³-hybridized carbons (Fsp3) is 0.429. The van der Waals surface area contributed by atoms with Crippen LogP contribution in [0.4, 0.5) is 5.69 Å². The van der Waals surface area contributed by atoms with Crippen LogP contribution in [0.25, 0.3) is 0 Å². The first-order chi connectivity index (χ1) is 15.3. The summed E-state index contributed by atoms with van der Waals surface area (Å²) in [6, 6.07) is 5.48. The maximum Gasteiger partial charge on any atom is 0.249 e. The Bertz CT molecular complexity index is 990. The van der Waals surface area contributed by atoms with Gasteiger partial charge in [-0.1, -0.05) is 23.2 Å². The van der Waals surface area contributed by atoms with Crippen LogP contribution < -0.4 is 15.5 Å². The summed E-state index contributed by atoms with van der Waals surface area (Å²) in [7, 11) is 0. The van der Waals surface area contributed by atoms with Crippen molar-refractivity contribution in [3.63, 3.8) is 0 Å². The van der Waals surface area contributed by atoms with E-state index in [2.05, 4.69) is 25.5 Å². The van der Waals surface area contributed by atoms with Gasteiger partial charge in [-0.25, -0.2) is 0 Å². The number of rotatable bonds is 5. The molecule has 2 aliphatic heterocycles. The number of carbonyl (C=O) groups excluding carboxylic acids is 2. The predicted octanol–water partition coefficient (Wildman–Crippen LogP) is 1.49. The predicted molar refractivity (Wildman–Crippen MR) is 120 cm³/mol. The number of aliphatic hydroxyl groups excluding tert-OH is 1. The summed E-state index contributed by atoms with van der Waals surface area (Å²) >= 11 is 12.3. The number of aromatic nitrogens is 2. The number of halogens is 2. The largest absolute Gasteiger partial charge is 0.365 e. The minimum Gasteiger partial charge on any atom is -0.365 e. The van der Waals surface area contributed by atoms with Gasteiger partial charge in [-0.05, 0) is 31.5 Å². The topological polar surface area (TPSA) is 111 Å². The Morgan fingerprint density at radius 2 is 2.00 bits per heavy atom. The molecule has 0 radical (unpaired) electrons. The number of amides is 2. The Morgan fingerprint density at radius 3 is 2.59 bits per heavy atom. The van der Waals surface area contributed by atoms with Gasteiger partial charge in [-0.2, -0.15) is 0 Å². The molecular weight excluding hydrogens is 455 g/mol. The van der Waals surface area contributed by atoms with E-state index in [0.717, 1.165) is 5.69 Å². The summed E-state index contributed by atoms with van der Waals surface area (Å²) in [6.45, 7) is 3.74.